The molecule has 1 aromatic heterocycles. The van der Waals surface area contributed by atoms with Crippen LogP contribution >= 0.6 is 19.2 Å². The zero-order chi connectivity index (χ0) is 22.9. The molecule has 1 aliphatic rings. The Hall–Kier alpha value is -2.38. The molecule has 4 rings (SSSR count). The van der Waals surface area contributed by atoms with Gasteiger partial charge in [-0.05, 0) is 75.6 Å². The van der Waals surface area contributed by atoms with Crippen LogP contribution in [0.15, 0.2) is 47.0 Å². The van der Waals surface area contributed by atoms with Gasteiger partial charge in [-0.3, -0.25) is 4.57 Å². The van der Waals surface area contributed by atoms with Crippen LogP contribution in [0.5, 0.6) is 5.75 Å². The van der Waals surface area contributed by atoms with Gasteiger partial charge in [-0.15, -0.1) is 0 Å². The predicted molar refractivity (Wildman–Crippen MR) is 123 cm³/mol. The van der Waals surface area contributed by atoms with E-state index in [1.165, 1.54) is 0 Å². The molecule has 3 aromatic rings. The number of benzene rings is 2. The molecule has 1 aliphatic carbocycles. The highest BCUT2D eigenvalue weighted by molar-refractivity contribution is 7.52. The summed E-state index contributed by atoms with van der Waals surface area (Å²) in [6.07, 6.45) is 1.74. The molecule has 0 spiro atoms. The molecule has 1 heterocycles. The van der Waals surface area contributed by atoms with Crippen LogP contribution < -0.4 is 10.1 Å². The highest BCUT2D eigenvalue weighted by atomic mass is 35.5. The summed E-state index contributed by atoms with van der Waals surface area (Å²) in [5.74, 6) is 1.41. The lowest BCUT2D eigenvalue weighted by Crippen LogP contribution is -2.16. The number of hydrogen-bond acceptors (Lipinski definition) is 6. The summed E-state index contributed by atoms with van der Waals surface area (Å²) >= 11 is 6.31. The third-order valence-electron chi connectivity index (χ3n) is 5.36. The Bertz CT molecular complexity index is 1130. The second-order valence-electron chi connectivity index (χ2n) is 8.21. The van der Waals surface area contributed by atoms with Crippen LogP contribution in [0.3, 0.4) is 0 Å². The van der Waals surface area contributed by atoms with Crippen LogP contribution in [-0.2, 0) is 4.57 Å². The summed E-state index contributed by atoms with van der Waals surface area (Å²) < 4.78 is 22.5. The van der Waals surface area contributed by atoms with E-state index in [9.17, 15) is 14.4 Å². The second-order valence-corrected chi connectivity index (χ2v) is 10.5. The first-order valence-corrected chi connectivity index (χ1v) is 12.5. The average Bonchev–Trinajstić information content (AvgIpc) is 3.40. The number of nitrogens with one attached hydrogen (secondary N) is 1. The van der Waals surface area contributed by atoms with E-state index in [4.69, 9.17) is 20.9 Å². The van der Waals surface area contributed by atoms with Crippen molar-refractivity contribution in [2.45, 2.75) is 50.9 Å². The van der Waals surface area contributed by atoms with E-state index in [0.717, 1.165) is 23.2 Å². The van der Waals surface area contributed by atoms with Gasteiger partial charge in [-0.1, -0.05) is 16.8 Å². The largest absolute Gasteiger partial charge is 0.489 e. The van der Waals surface area contributed by atoms with E-state index < -0.39 is 13.3 Å². The first kappa shape index (κ1) is 22.8. The maximum absolute atomic E-state index is 11.4. The number of halogens is 1. The molecule has 0 saturated heterocycles. The van der Waals surface area contributed by atoms with Gasteiger partial charge in [0, 0.05) is 22.9 Å². The summed E-state index contributed by atoms with van der Waals surface area (Å²) in [6, 6.07) is 12.9. The lowest BCUT2D eigenvalue weighted by Gasteiger charge is -2.15. The van der Waals surface area contributed by atoms with Crippen molar-refractivity contribution in [1.29, 1.82) is 0 Å². The molecule has 10 heteroatoms. The minimum absolute atomic E-state index is 0.0220. The number of aromatic nitrogens is 2. The van der Waals surface area contributed by atoms with Crippen molar-refractivity contribution in [1.82, 2.24) is 10.1 Å². The van der Waals surface area contributed by atoms with Crippen LogP contribution in [0.2, 0.25) is 5.02 Å². The molecular weight excluding hydrogens is 453 g/mol. The van der Waals surface area contributed by atoms with Gasteiger partial charge < -0.3 is 24.4 Å². The molecule has 8 nitrogen and oxygen atoms in total. The highest BCUT2D eigenvalue weighted by Crippen LogP contribution is 2.49. The summed E-state index contributed by atoms with van der Waals surface area (Å²) in [6.45, 7) is 3.87. The lowest BCUT2D eigenvalue weighted by atomic mass is 10.1. The van der Waals surface area contributed by atoms with Gasteiger partial charge in [0.2, 0.25) is 5.82 Å². The van der Waals surface area contributed by atoms with Crippen LogP contribution in [0.25, 0.3) is 22.8 Å². The zero-order valence-electron chi connectivity index (χ0n) is 17.7. The van der Waals surface area contributed by atoms with E-state index in [2.05, 4.69) is 15.5 Å². The molecule has 0 bridgehead atoms. The van der Waals surface area contributed by atoms with Crippen LogP contribution in [0.4, 0.5) is 5.69 Å². The fraction of sp³-hybridized carbons (Fsp3) is 0.364. The van der Waals surface area contributed by atoms with E-state index in [0.29, 0.717) is 35.3 Å². The third kappa shape index (κ3) is 5.33. The molecule has 2 atom stereocenters. The fourth-order valence-corrected chi connectivity index (χ4v) is 5.03. The first-order valence-electron chi connectivity index (χ1n) is 10.4. The molecule has 1 fully saturated rings. The van der Waals surface area contributed by atoms with E-state index >= 15 is 0 Å². The van der Waals surface area contributed by atoms with Crippen molar-refractivity contribution in [2.24, 2.45) is 0 Å². The Kier molecular flexibility index (Phi) is 6.58. The second kappa shape index (κ2) is 9.24. The maximum atomic E-state index is 11.4. The van der Waals surface area contributed by atoms with Gasteiger partial charge in [0.15, 0.2) is 0 Å². The summed E-state index contributed by atoms with van der Waals surface area (Å²) in [5.41, 5.74) is 1.80. The SMILES string of the molecule is CC(C)Oc1ccc(-c2noc(-c3ccc(N[C@H]4CC[C@@H](P(=O)(O)O)C4)cc3)n2)cc1Cl. The van der Waals surface area contributed by atoms with Gasteiger partial charge >= 0.3 is 7.60 Å². The minimum atomic E-state index is -4.02. The highest BCUT2D eigenvalue weighted by Gasteiger charge is 2.36. The Morgan fingerprint density at radius 2 is 1.88 bits per heavy atom. The Morgan fingerprint density at radius 1 is 1.16 bits per heavy atom. The van der Waals surface area contributed by atoms with Gasteiger partial charge in [0.25, 0.3) is 5.89 Å². The molecule has 1 saturated carbocycles. The van der Waals surface area contributed by atoms with Crippen LogP contribution in [0.1, 0.15) is 33.1 Å². The molecule has 170 valence electrons. The average molecular weight is 478 g/mol. The van der Waals surface area contributed by atoms with Crippen molar-refractivity contribution in [3.8, 4) is 28.6 Å². The van der Waals surface area contributed by atoms with Crippen molar-refractivity contribution in [3.05, 3.63) is 47.5 Å². The number of nitrogens with zero attached hydrogens (tertiary/aromatic N) is 2. The van der Waals surface area contributed by atoms with E-state index in [1.807, 2.05) is 44.2 Å². The summed E-state index contributed by atoms with van der Waals surface area (Å²) in [7, 11) is -4.02. The van der Waals surface area contributed by atoms with Crippen molar-refractivity contribution >= 4 is 24.9 Å². The number of ether oxygens (including phenoxy) is 1. The summed E-state index contributed by atoms with van der Waals surface area (Å²) in [4.78, 5) is 23.2. The standard InChI is InChI=1S/C22H25ClN3O5P/c1-13(2)30-20-10-5-15(11-19(20)23)21-25-22(31-26-21)14-3-6-16(7-4-14)24-17-8-9-18(12-17)32(27,28)29/h3-7,10-11,13,17-18,24H,8-9,12H2,1-2H3,(H2,27,28,29)/t17-,18+/m0/s1. The van der Waals surface area contributed by atoms with E-state index in [-0.39, 0.29) is 12.1 Å². The quantitative estimate of drug-likeness (QED) is 0.389. The number of rotatable bonds is 7. The number of anilines is 1. The van der Waals surface area contributed by atoms with E-state index in [1.54, 1.807) is 12.1 Å². The van der Waals surface area contributed by atoms with Crippen LogP contribution in [-0.4, -0.2) is 37.7 Å². The maximum Gasteiger partial charge on any atom is 0.328 e. The van der Waals surface area contributed by atoms with Gasteiger partial charge in [0.05, 0.1) is 16.8 Å². The Balaban J connectivity index is 1.43. The van der Waals surface area contributed by atoms with Gasteiger partial charge in [-0.2, -0.15) is 4.98 Å². The molecular formula is C22H25ClN3O5P. The van der Waals surface area contributed by atoms with Gasteiger partial charge in [0.1, 0.15) is 5.75 Å². The molecule has 0 amide bonds. The number of hydrogen-bond donors (Lipinski definition) is 3. The van der Waals surface area contributed by atoms with Gasteiger partial charge in [-0.25, -0.2) is 0 Å². The smallest absolute Gasteiger partial charge is 0.328 e. The normalized spacial score (nSPS) is 18.8. The molecule has 2 aromatic carbocycles. The molecule has 0 unspecified atom stereocenters. The fourth-order valence-electron chi connectivity index (χ4n) is 3.79. The first-order chi connectivity index (χ1) is 15.2. The lowest BCUT2D eigenvalue weighted by molar-refractivity contribution is 0.242. The van der Waals surface area contributed by atoms with Crippen molar-refractivity contribution < 1.29 is 23.6 Å². The molecule has 0 radical (unpaired) electrons. The Morgan fingerprint density at radius 3 is 2.50 bits per heavy atom. The molecule has 32 heavy (non-hydrogen) atoms. The van der Waals surface area contributed by atoms with Crippen molar-refractivity contribution in [2.75, 3.05) is 5.32 Å². The zero-order valence-corrected chi connectivity index (χ0v) is 19.4. The topological polar surface area (TPSA) is 118 Å². The van der Waals surface area contributed by atoms with Crippen LogP contribution in [0, 0.1) is 0 Å². The third-order valence-corrected chi connectivity index (χ3v) is 7.08. The minimum Gasteiger partial charge on any atom is -0.489 e. The Labute approximate surface area is 191 Å². The predicted octanol–water partition coefficient (Wildman–Crippen LogP) is 5.35. The molecule has 3 N–H and O–H groups in total. The van der Waals surface area contributed by atoms with Crippen molar-refractivity contribution in [3.63, 3.8) is 0 Å². The molecule has 0 aliphatic heterocycles. The monoisotopic (exact) mass is 477 g/mol. The summed E-state index contributed by atoms with van der Waals surface area (Å²) in [5, 5.41) is 7.88.